The Morgan fingerprint density at radius 2 is 1.74 bits per heavy atom. The SMILES string of the molecule is CCCCCN(C(=O)Cn1cc(S(=O)(=O)N(CC)CC)ccc1=O)C(C)C. The molecule has 1 aromatic heterocycles. The predicted octanol–water partition coefficient (Wildman–Crippen LogP) is 2.31. The van der Waals surface area contributed by atoms with Crippen LogP contribution >= 0.6 is 0 Å². The molecule has 0 saturated heterocycles. The summed E-state index contributed by atoms with van der Waals surface area (Å²) in [5.41, 5.74) is -0.390. The number of carbonyl (C=O) groups excluding carboxylic acids is 1. The van der Waals surface area contributed by atoms with Crippen LogP contribution in [0, 0.1) is 0 Å². The molecule has 0 N–H and O–H groups in total. The Morgan fingerprint density at radius 3 is 2.26 bits per heavy atom. The molecule has 154 valence electrons. The third kappa shape index (κ3) is 6.17. The van der Waals surface area contributed by atoms with Gasteiger partial charge in [0.1, 0.15) is 6.54 Å². The summed E-state index contributed by atoms with van der Waals surface area (Å²) in [5.74, 6) is -0.180. The van der Waals surface area contributed by atoms with Crippen LogP contribution in [0.5, 0.6) is 0 Å². The van der Waals surface area contributed by atoms with E-state index in [0.717, 1.165) is 19.3 Å². The smallest absolute Gasteiger partial charge is 0.251 e. The highest BCUT2D eigenvalue weighted by Crippen LogP contribution is 2.14. The minimum absolute atomic E-state index is 0.0210. The molecule has 0 radical (unpaired) electrons. The predicted molar refractivity (Wildman–Crippen MR) is 107 cm³/mol. The maximum atomic E-state index is 12.7. The lowest BCUT2D eigenvalue weighted by molar-refractivity contribution is -0.133. The first-order valence-corrected chi connectivity index (χ1v) is 11.1. The van der Waals surface area contributed by atoms with E-state index >= 15 is 0 Å². The van der Waals surface area contributed by atoms with Crippen LogP contribution < -0.4 is 5.56 Å². The highest BCUT2D eigenvalue weighted by molar-refractivity contribution is 7.89. The van der Waals surface area contributed by atoms with Crippen molar-refractivity contribution in [3.63, 3.8) is 0 Å². The van der Waals surface area contributed by atoms with Crippen molar-refractivity contribution in [2.75, 3.05) is 19.6 Å². The Labute approximate surface area is 163 Å². The maximum Gasteiger partial charge on any atom is 0.251 e. The van der Waals surface area contributed by atoms with Gasteiger partial charge in [-0.3, -0.25) is 9.59 Å². The summed E-state index contributed by atoms with van der Waals surface area (Å²) in [6, 6.07) is 2.53. The van der Waals surface area contributed by atoms with Crippen molar-refractivity contribution in [1.82, 2.24) is 13.8 Å². The van der Waals surface area contributed by atoms with Gasteiger partial charge in [-0.25, -0.2) is 8.42 Å². The zero-order chi connectivity index (χ0) is 20.6. The van der Waals surface area contributed by atoms with Crippen LogP contribution in [0.2, 0.25) is 0 Å². The summed E-state index contributed by atoms with van der Waals surface area (Å²) in [6.45, 7) is 10.7. The lowest BCUT2D eigenvalue weighted by atomic mass is 10.2. The first-order valence-electron chi connectivity index (χ1n) is 9.69. The quantitative estimate of drug-likeness (QED) is 0.535. The third-order valence-electron chi connectivity index (χ3n) is 4.55. The molecule has 0 spiro atoms. The maximum absolute atomic E-state index is 12.7. The van der Waals surface area contributed by atoms with Crippen molar-refractivity contribution in [1.29, 1.82) is 0 Å². The second-order valence-electron chi connectivity index (χ2n) is 6.81. The van der Waals surface area contributed by atoms with Gasteiger partial charge in [0, 0.05) is 37.9 Å². The van der Waals surface area contributed by atoms with Crippen molar-refractivity contribution < 1.29 is 13.2 Å². The summed E-state index contributed by atoms with van der Waals surface area (Å²) in [7, 11) is -3.68. The van der Waals surface area contributed by atoms with Crippen LogP contribution in [-0.2, 0) is 21.4 Å². The van der Waals surface area contributed by atoms with Crippen molar-refractivity contribution in [2.45, 2.75) is 71.4 Å². The number of amides is 1. The van der Waals surface area contributed by atoms with Crippen LogP contribution in [0.3, 0.4) is 0 Å². The molecule has 27 heavy (non-hydrogen) atoms. The topological polar surface area (TPSA) is 79.7 Å². The molecule has 7 nitrogen and oxygen atoms in total. The Kier molecular flexibility index (Phi) is 9.18. The van der Waals surface area contributed by atoms with Gasteiger partial charge in [0.15, 0.2) is 0 Å². The first-order chi connectivity index (χ1) is 12.7. The zero-order valence-electron chi connectivity index (χ0n) is 17.1. The highest BCUT2D eigenvalue weighted by atomic mass is 32.2. The van der Waals surface area contributed by atoms with Gasteiger partial charge >= 0.3 is 0 Å². The van der Waals surface area contributed by atoms with Gasteiger partial charge in [-0.05, 0) is 26.3 Å². The van der Waals surface area contributed by atoms with Crippen LogP contribution in [0.4, 0.5) is 0 Å². The molecule has 8 heteroatoms. The molecule has 0 aliphatic heterocycles. The standard InChI is InChI=1S/C19H33N3O4S/c1-6-9-10-13-22(16(4)5)19(24)15-20-14-17(11-12-18(20)23)27(25,26)21(7-2)8-3/h11-12,14,16H,6-10,13,15H2,1-5H3. The van der Waals surface area contributed by atoms with Crippen LogP contribution in [-0.4, -0.2) is 53.8 Å². The van der Waals surface area contributed by atoms with Crippen LogP contribution in [0.15, 0.2) is 28.0 Å². The Balaban J connectivity index is 3.10. The van der Waals surface area contributed by atoms with Gasteiger partial charge in [-0.1, -0.05) is 33.6 Å². The van der Waals surface area contributed by atoms with E-state index in [2.05, 4.69) is 6.92 Å². The number of sulfonamides is 1. The highest BCUT2D eigenvalue weighted by Gasteiger charge is 2.23. The molecule has 0 saturated carbocycles. The molecule has 0 aliphatic carbocycles. The number of carbonyl (C=O) groups is 1. The van der Waals surface area contributed by atoms with Gasteiger partial charge in [-0.2, -0.15) is 4.31 Å². The fraction of sp³-hybridized carbons (Fsp3) is 0.684. The van der Waals surface area contributed by atoms with E-state index in [1.165, 1.54) is 27.2 Å². The third-order valence-corrected chi connectivity index (χ3v) is 6.58. The van der Waals surface area contributed by atoms with E-state index in [9.17, 15) is 18.0 Å². The van der Waals surface area contributed by atoms with Crippen molar-refractivity contribution in [3.8, 4) is 0 Å². The number of unbranched alkanes of at least 4 members (excludes halogenated alkanes) is 2. The summed E-state index contributed by atoms with van der Waals surface area (Å²) in [5, 5.41) is 0. The first kappa shape index (κ1) is 23.4. The number of pyridine rings is 1. The number of aromatic nitrogens is 1. The normalized spacial score (nSPS) is 12.0. The number of hydrogen-bond acceptors (Lipinski definition) is 4. The van der Waals surface area contributed by atoms with E-state index in [1.807, 2.05) is 13.8 Å². The second-order valence-corrected chi connectivity index (χ2v) is 8.75. The largest absolute Gasteiger partial charge is 0.339 e. The van der Waals surface area contributed by atoms with E-state index in [-0.39, 0.29) is 28.9 Å². The Bertz CT molecular complexity index is 767. The molecule has 0 fully saturated rings. The number of rotatable bonds is 11. The zero-order valence-corrected chi connectivity index (χ0v) is 18.0. The summed E-state index contributed by atoms with van der Waals surface area (Å²) in [6.07, 6.45) is 4.28. The lowest BCUT2D eigenvalue weighted by Gasteiger charge is -2.27. The van der Waals surface area contributed by atoms with Gasteiger partial charge in [0.25, 0.3) is 5.56 Å². The fourth-order valence-electron chi connectivity index (χ4n) is 2.94. The van der Waals surface area contributed by atoms with E-state index in [1.54, 1.807) is 18.7 Å². The van der Waals surface area contributed by atoms with E-state index in [4.69, 9.17) is 0 Å². The van der Waals surface area contributed by atoms with Crippen LogP contribution in [0.1, 0.15) is 53.9 Å². The number of nitrogens with zero attached hydrogens (tertiary/aromatic N) is 3. The second kappa shape index (κ2) is 10.6. The Hall–Kier alpha value is -1.67. The molecule has 0 unspecified atom stereocenters. The molecular formula is C19H33N3O4S. The van der Waals surface area contributed by atoms with Gasteiger partial charge in [-0.15, -0.1) is 0 Å². The van der Waals surface area contributed by atoms with Gasteiger partial charge < -0.3 is 9.47 Å². The molecule has 1 amide bonds. The average Bonchev–Trinajstić information content (AvgIpc) is 2.60. The molecule has 0 aliphatic rings. The van der Waals surface area contributed by atoms with Crippen molar-refractivity contribution >= 4 is 15.9 Å². The molecular weight excluding hydrogens is 366 g/mol. The Morgan fingerprint density at radius 1 is 1.11 bits per heavy atom. The minimum Gasteiger partial charge on any atom is -0.339 e. The summed E-state index contributed by atoms with van der Waals surface area (Å²) in [4.78, 5) is 26.7. The monoisotopic (exact) mass is 399 g/mol. The molecule has 1 aromatic rings. The van der Waals surface area contributed by atoms with Crippen molar-refractivity contribution in [3.05, 3.63) is 28.7 Å². The molecule has 1 rings (SSSR count). The minimum atomic E-state index is -3.68. The van der Waals surface area contributed by atoms with E-state index in [0.29, 0.717) is 19.6 Å². The van der Waals surface area contributed by atoms with Crippen LogP contribution in [0.25, 0.3) is 0 Å². The molecule has 0 bridgehead atoms. The van der Waals surface area contributed by atoms with Gasteiger partial charge in [0.05, 0.1) is 4.90 Å². The molecule has 1 heterocycles. The number of hydrogen-bond donors (Lipinski definition) is 0. The van der Waals surface area contributed by atoms with E-state index < -0.39 is 10.0 Å². The average molecular weight is 400 g/mol. The summed E-state index contributed by atoms with van der Waals surface area (Å²) >= 11 is 0. The fourth-order valence-corrected chi connectivity index (χ4v) is 4.42. The lowest BCUT2D eigenvalue weighted by Crippen LogP contribution is -2.41. The van der Waals surface area contributed by atoms with Crippen molar-refractivity contribution in [2.24, 2.45) is 0 Å². The molecule has 0 atom stereocenters. The molecule has 0 aromatic carbocycles. The van der Waals surface area contributed by atoms with Gasteiger partial charge in [0.2, 0.25) is 15.9 Å². The summed E-state index contributed by atoms with van der Waals surface area (Å²) < 4.78 is 27.9.